The van der Waals surface area contributed by atoms with E-state index in [1.807, 2.05) is 0 Å². The number of carbonyl (C=O) groups is 1. The fourth-order valence-corrected chi connectivity index (χ4v) is 3.03. The first kappa shape index (κ1) is 14.7. The lowest BCUT2D eigenvalue weighted by Gasteiger charge is -2.43. The van der Waals surface area contributed by atoms with E-state index < -0.39 is 24.4 Å². The van der Waals surface area contributed by atoms with E-state index in [-0.39, 0.29) is 19.1 Å². The van der Waals surface area contributed by atoms with Crippen molar-refractivity contribution in [3.63, 3.8) is 0 Å². The lowest BCUT2D eigenvalue weighted by Crippen LogP contribution is -2.63. The van der Waals surface area contributed by atoms with Crippen LogP contribution in [0.5, 0.6) is 0 Å². The summed E-state index contributed by atoms with van der Waals surface area (Å²) in [6, 6.07) is -0.566. The summed E-state index contributed by atoms with van der Waals surface area (Å²) in [7, 11) is 0. The maximum absolute atomic E-state index is 10.7. The molecule has 4 N–H and O–H groups in total. The van der Waals surface area contributed by atoms with Crippen LogP contribution in [0, 0.1) is 5.92 Å². The molecule has 0 saturated carbocycles. The van der Waals surface area contributed by atoms with E-state index in [4.69, 9.17) is 0 Å². The molecule has 0 radical (unpaired) electrons. The number of nitrogens with zero attached hydrogens (tertiary/aromatic N) is 2. The monoisotopic (exact) mass is 274 g/mol. The summed E-state index contributed by atoms with van der Waals surface area (Å²) < 4.78 is 0. The van der Waals surface area contributed by atoms with Gasteiger partial charge in [0, 0.05) is 26.2 Å². The summed E-state index contributed by atoms with van der Waals surface area (Å²) in [4.78, 5) is 14.2. The number of hydrogen-bond acceptors (Lipinski definition) is 6. The van der Waals surface area contributed by atoms with Crippen molar-refractivity contribution in [2.24, 2.45) is 5.92 Å². The number of rotatable bonds is 4. The van der Waals surface area contributed by atoms with Crippen LogP contribution in [0.3, 0.4) is 0 Å². The third-order valence-corrected chi connectivity index (χ3v) is 4.18. The summed E-state index contributed by atoms with van der Waals surface area (Å²) in [6.45, 7) is 1.93. The number of aliphatic hydroxyl groups is 4. The molecule has 2 rings (SSSR count). The van der Waals surface area contributed by atoms with Gasteiger partial charge in [0.15, 0.2) is 0 Å². The molecule has 1 amide bonds. The lowest BCUT2D eigenvalue weighted by atomic mass is 9.93. The maximum atomic E-state index is 10.7. The standard InChI is InChI=1S/C12H22N2O5/c15-6-9-11(18)12(19)10(17)5-14(9)4-8-1-2-13(3-8)7-16/h7-12,15,17-19H,1-6H2/t8-,9-,10-,11+,12+/m0/s1. The second-order valence-corrected chi connectivity index (χ2v) is 5.51. The largest absolute Gasteiger partial charge is 0.395 e. The Kier molecular flexibility index (Phi) is 4.75. The highest BCUT2D eigenvalue weighted by Gasteiger charge is 2.41. The SMILES string of the molecule is O=CN1CC[C@H](CN2C[C@H](O)[C@@H](O)[C@H](O)[C@@H]2CO)C1. The van der Waals surface area contributed by atoms with E-state index >= 15 is 0 Å². The van der Waals surface area contributed by atoms with Crippen molar-refractivity contribution in [3.8, 4) is 0 Å². The molecule has 2 aliphatic heterocycles. The Morgan fingerprint density at radius 3 is 2.47 bits per heavy atom. The first-order valence-electron chi connectivity index (χ1n) is 6.65. The Balaban J connectivity index is 1.96. The van der Waals surface area contributed by atoms with Crippen molar-refractivity contribution in [1.82, 2.24) is 9.80 Å². The van der Waals surface area contributed by atoms with Gasteiger partial charge in [-0.15, -0.1) is 0 Å². The van der Waals surface area contributed by atoms with Crippen LogP contribution < -0.4 is 0 Å². The van der Waals surface area contributed by atoms with Crippen LogP contribution in [0.15, 0.2) is 0 Å². The molecular formula is C12H22N2O5. The van der Waals surface area contributed by atoms with Crippen LogP contribution in [-0.4, -0.2) is 93.8 Å². The first-order chi connectivity index (χ1) is 9.06. The Morgan fingerprint density at radius 1 is 1.16 bits per heavy atom. The van der Waals surface area contributed by atoms with Gasteiger partial charge < -0.3 is 25.3 Å². The molecule has 19 heavy (non-hydrogen) atoms. The maximum Gasteiger partial charge on any atom is 0.209 e. The predicted octanol–water partition coefficient (Wildman–Crippen LogP) is -2.78. The van der Waals surface area contributed by atoms with Crippen LogP contribution >= 0.6 is 0 Å². The van der Waals surface area contributed by atoms with E-state index in [0.717, 1.165) is 19.4 Å². The fraction of sp³-hybridized carbons (Fsp3) is 0.917. The van der Waals surface area contributed by atoms with Crippen LogP contribution in [0.2, 0.25) is 0 Å². The highest BCUT2D eigenvalue weighted by Crippen LogP contribution is 2.23. The molecule has 2 aliphatic rings. The van der Waals surface area contributed by atoms with Gasteiger partial charge in [0.1, 0.15) is 12.2 Å². The quantitative estimate of drug-likeness (QED) is 0.414. The Labute approximate surface area is 112 Å². The molecule has 0 bridgehead atoms. The minimum atomic E-state index is -1.22. The molecule has 0 aromatic rings. The van der Waals surface area contributed by atoms with E-state index in [2.05, 4.69) is 0 Å². The van der Waals surface area contributed by atoms with Gasteiger partial charge >= 0.3 is 0 Å². The van der Waals surface area contributed by atoms with E-state index in [0.29, 0.717) is 13.1 Å². The van der Waals surface area contributed by atoms with Crippen LogP contribution in [0.4, 0.5) is 0 Å². The number of β-amino-alcohol motifs (C(OH)–C–C–N with tert-alkyl or cyclic N) is 1. The highest BCUT2D eigenvalue weighted by atomic mass is 16.4. The number of hydrogen-bond donors (Lipinski definition) is 4. The third kappa shape index (κ3) is 3.06. The summed E-state index contributed by atoms with van der Waals surface area (Å²) in [5.41, 5.74) is 0. The molecule has 2 fully saturated rings. The highest BCUT2D eigenvalue weighted by molar-refractivity contribution is 5.47. The van der Waals surface area contributed by atoms with Gasteiger partial charge in [0.2, 0.25) is 6.41 Å². The number of piperidine rings is 1. The smallest absolute Gasteiger partial charge is 0.209 e. The van der Waals surface area contributed by atoms with Gasteiger partial charge in [-0.05, 0) is 12.3 Å². The first-order valence-corrected chi connectivity index (χ1v) is 6.65. The van der Waals surface area contributed by atoms with Crippen molar-refractivity contribution in [2.75, 3.05) is 32.8 Å². The average Bonchev–Trinajstić information content (AvgIpc) is 2.84. The number of likely N-dealkylation sites (tertiary alicyclic amines) is 2. The number of amides is 1. The second-order valence-electron chi connectivity index (χ2n) is 5.51. The van der Waals surface area contributed by atoms with E-state index in [1.54, 1.807) is 9.80 Å². The molecule has 7 nitrogen and oxygen atoms in total. The van der Waals surface area contributed by atoms with Gasteiger partial charge in [0.25, 0.3) is 0 Å². The predicted molar refractivity (Wildman–Crippen MR) is 66.2 cm³/mol. The molecule has 5 atom stereocenters. The molecule has 0 aromatic heterocycles. The summed E-state index contributed by atoms with van der Waals surface area (Å²) in [6.07, 6.45) is -1.68. The van der Waals surface area contributed by atoms with E-state index in [9.17, 15) is 25.2 Å². The van der Waals surface area contributed by atoms with Gasteiger partial charge in [-0.25, -0.2) is 0 Å². The molecular weight excluding hydrogens is 252 g/mol. The Bertz CT molecular complexity index is 316. The topological polar surface area (TPSA) is 104 Å². The Hall–Kier alpha value is -0.730. The zero-order valence-electron chi connectivity index (χ0n) is 10.8. The third-order valence-electron chi connectivity index (χ3n) is 4.18. The van der Waals surface area contributed by atoms with Crippen molar-refractivity contribution in [2.45, 2.75) is 30.8 Å². The normalized spacial score (nSPS) is 40.6. The molecule has 0 spiro atoms. The molecule has 0 unspecified atom stereocenters. The number of carbonyl (C=O) groups excluding carboxylic acids is 1. The van der Waals surface area contributed by atoms with Crippen molar-refractivity contribution < 1.29 is 25.2 Å². The lowest BCUT2D eigenvalue weighted by molar-refractivity contribution is -0.147. The van der Waals surface area contributed by atoms with Gasteiger partial charge in [-0.2, -0.15) is 0 Å². The zero-order chi connectivity index (χ0) is 14.0. The molecule has 7 heteroatoms. The van der Waals surface area contributed by atoms with Crippen molar-refractivity contribution in [1.29, 1.82) is 0 Å². The molecule has 0 aliphatic carbocycles. The minimum absolute atomic E-state index is 0.223. The van der Waals surface area contributed by atoms with Crippen molar-refractivity contribution >= 4 is 6.41 Å². The fourth-order valence-electron chi connectivity index (χ4n) is 3.03. The van der Waals surface area contributed by atoms with E-state index in [1.165, 1.54) is 0 Å². The molecule has 110 valence electrons. The minimum Gasteiger partial charge on any atom is -0.395 e. The molecule has 0 aromatic carbocycles. The molecule has 2 saturated heterocycles. The second kappa shape index (κ2) is 6.15. The van der Waals surface area contributed by atoms with Crippen molar-refractivity contribution in [3.05, 3.63) is 0 Å². The van der Waals surface area contributed by atoms with Crippen LogP contribution in [-0.2, 0) is 4.79 Å². The summed E-state index contributed by atoms with van der Waals surface area (Å²) in [5, 5.41) is 38.5. The average molecular weight is 274 g/mol. The van der Waals surface area contributed by atoms with Gasteiger partial charge in [0.05, 0.1) is 18.8 Å². The number of aliphatic hydroxyl groups excluding tert-OH is 4. The van der Waals surface area contributed by atoms with Crippen LogP contribution in [0.25, 0.3) is 0 Å². The van der Waals surface area contributed by atoms with Gasteiger partial charge in [-0.1, -0.05) is 0 Å². The summed E-state index contributed by atoms with van der Waals surface area (Å²) in [5.74, 6) is 0.272. The Morgan fingerprint density at radius 2 is 1.89 bits per heavy atom. The van der Waals surface area contributed by atoms with Crippen LogP contribution in [0.1, 0.15) is 6.42 Å². The summed E-state index contributed by atoms with van der Waals surface area (Å²) >= 11 is 0. The zero-order valence-corrected chi connectivity index (χ0v) is 10.8. The molecule has 2 heterocycles. The van der Waals surface area contributed by atoms with Gasteiger partial charge in [-0.3, -0.25) is 9.69 Å².